The second-order valence-electron chi connectivity index (χ2n) is 6.71. The molecule has 1 aliphatic rings. The van der Waals surface area contributed by atoms with Gasteiger partial charge in [-0.1, -0.05) is 25.8 Å². The van der Waals surface area contributed by atoms with Crippen LogP contribution in [0.1, 0.15) is 49.4 Å². The zero-order valence-electron chi connectivity index (χ0n) is 14.7. The summed E-state index contributed by atoms with van der Waals surface area (Å²) in [6.45, 7) is 3.68. The summed E-state index contributed by atoms with van der Waals surface area (Å²) < 4.78 is 0. The first kappa shape index (κ1) is 17.4. The molecule has 0 bridgehead atoms. The molecule has 1 aliphatic heterocycles. The number of carbonyl (C=O) groups excluding carboxylic acids is 1. The van der Waals surface area contributed by atoms with Crippen LogP contribution in [-0.4, -0.2) is 33.9 Å². The zero-order chi connectivity index (χ0) is 17.6. The van der Waals surface area contributed by atoms with E-state index in [-0.39, 0.29) is 17.0 Å². The Bertz CT molecular complexity index is 770. The minimum atomic E-state index is -0.345. The molecule has 2 aromatic rings. The molecule has 3 heterocycles. The van der Waals surface area contributed by atoms with Gasteiger partial charge in [0.25, 0.3) is 11.5 Å². The van der Waals surface area contributed by atoms with Crippen molar-refractivity contribution in [2.45, 2.75) is 39.0 Å². The molecular formula is C20H25N3O2. The van der Waals surface area contributed by atoms with E-state index in [1.807, 2.05) is 23.1 Å². The van der Waals surface area contributed by atoms with Crippen LogP contribution in [0.3, 0.4) is 0 Å². The molecule has 1 unspecified atom stereocenters. The van der Waals surface area contributed by atoms with Gasteiger partial charge in [0, 0.05) is 19.3 Å². The van der Waals surface area contributed by atoms with E-state index in [0.29, 0.717) is 17.3 Å². The van der Waals surface area contributed by atoms with Gasteiger partial charge in [0.15, 0.2) is 0 Å². The van der Waals surface area contributed by atoms with E-state index in [9.17, 15) is 9.59 Å². The highest BCUT2D eigenvalue weighted by Gasteiger charge is 2.23. The van der Waals surface area contributed by atoms with Crippen LogP contribution in [0, 0.1) is 5.92 Å². The summed E-state index contributed by atoms with van der Waals surface area (Å²) in [5, 5.41) is 0. The average molecular weight is 339 g/mol. The molecule has 0 saturated carbocycles. The fourth-order valence-electron chi connectivity index (χ4n) is 3.55. The molecule has 5 nitrogen and oxygen atoms in total. The standard InChI is InChI=1S/C20H25N3O2/c1-2-6-15-7-5-13-23(14-11-15)20(25)16-9-10-18(22-19(16)24)17-8-3-4-12-21-17/h3-4,8-10,12,15H,2,5-7,11,13-14H2,1H3,(H,22,24). The number of nitrogens with zero attached hydrogens (tertiary/aromatic N) is 2. The summed E-state index contributed by atoms with van der Waals surface area (Å²) in [6.07, 6.45) is 7.31. The Morgan fingerprint density at radius 2 is 2.12 bits per heavy atom. The normalized spacial score (nSPS) is 18.0. The molecule has 2 aromatic heterocycles. The van der Waals surface area contributed by atoms with E-state index in [4.69, 9.17) is 0 Å². The Morgan fingerprint density at radius 3 is 2.84 bits per heavy atom. The smallest absolute Gasteiger partial charge is 0.261 e. The Hall–Kier alpha value is -2.43. The summed E-state index contributed by atoms with van der Waals surface area (Å²) in [4.78, 5) is 34.0. The van der Waals surface area contributed by atoms with E-state index < -0.39 is 0 Å². The molecule has 0 spiro atoms. The Labute approximate surface area is 148 Å². The Balaban J connectivity index is 1.75. The van der Waals surface area contributed by atoms with E-state index in [1.165, 1.54) is 19.3 Å². The number of likely N-dealkylation sites (tertiary alicyclic amines) is 1. The quantitative estimate of drug-likeness (QED) is 0.927. The van der Waals surface area contributed by atoms with Crippen molar-refractivity contribution in [1.29, 1.82) is 0 Å². The number of pyridine rings is 2. The molecular weight excluding hydrogens is 314 g/mol. The van der Waals surface area contributed by atoms with Crippen LogP contribution in [-0.2, 0) is 0 Å². The van der Waals surface area contributed by atoms with Gasteiger partial charge < -0.3 is 9.88 Å². The van der Waals surface area contributed by atoms with E-state index in [1.54, 1.807) is 18.3 Å². The molecule has 1 saturated heterocycles. The van der Waals surface area contributed by atoms with Crippen molar-refractivity contribution in [2.24, 2.45) is 5.92 Å². The summed E-state index contributed by atoms with van der Waals surface area (Å²) in [5.74, 6) is 0.540. The maximum absolute atomic E-state index is 12.8. The third kappa shape index (κ3) is 4.16. The molecule has 5 heteroatoms. The summed E-state index contributed by atoms with van der Waals surface area (Å²) in [7, 11) is 0. The number of nitrogens with one attached hydrogen (secondary N) is 1. The number of H-pyrrole nitrogens is 1. The maximum Gasteiger partial charge on any atom is 0.261 e. The highest BCUT2D eigenvalue weighted by molar-refractivity contribution is 5.94. The van der Waals surface area contributed by atoms with Crippen LogP contribution in [0.4, 0.5) is 0 Å². The highest BCUT2D eigenvalue weighted by Crippen LogP contribution is 2.22. The van der Waals surface area contributed by atoms with Crippen molar-refractivity contribution in [3.63, 3.8) is 0 Å². The summed E-state index contributed by atoms with van der Waals surface area (Å²) in [5.41, 5.74) is 1.19. The van der Waals surface area contributed by atoms with Crippen molar-refractivity contribution >= 4 is 5.91 Å². The van der Waals surface area contributed by atoms with Gasteiger partial charge in [-0.25, -0.2) is 0 Å². The maximum atomic E-state index is 12.8. The molecule has 1 amide bonds. The van der Waals surface area contributed by atoms with Crippen LogP contribution >= 0.6 is 0 Å². The lowest BCUT2D eigenvalue weighted by Crippen LogP contribution is -2.35. The average Bonchev–Trinajstić information content (AvgIpc) is 2.88. The van der Waals surface area contributed by atoms with Gasteiger partial charge in [-0.2, -0.15) is 0 Å². The SMILES string of the molecule is CCCC1CCCN(C(=O)c2ccc(-c3ccccn3)[nH]c2=O)CC1. The van der Waals surface area contributed by atoms with Gasteiger partial charge in [-0.05, 0) is 49.4 Å². The Morgan fingerprint density at radius 1 is 1.24 bits per heavy atom. The zero-order valence-corrected chi connectivity index (χ0v) is 14.7. The molecule has 3 rings (SSSR count). The predicted octanol–water partition coefficient (Wildman–Crippen LogP) is 3.48. The van der Waals surface area contributed by atoms with Gasteiger partial charge >= 0.3 is 0 Å². The first-order chi connectivity index (χ1) is 12.2. The van der Waals surface area contributed by atoms with Gasteiger partial charge in [-0.15, -0.1) is 0 Å². The van der Waals surface area contributed by atoms with Crippen LogP contribution < -0.4 is 5.56 Å². The molecule has 0 radical (unpaired) electrons. The molecule has 1 atom stereocenters. The predicted molar refractivity (Wildman–Crippen MR) is 98.4 cm³/mol. The minimum absolute atomic E-state index is 0.161. The monoisotopic (exact) mass is 339 g/mol. The van der Waals surface area contributed by atoms with E-state index in [2.05, 4.69) is 16.9 Å². The molecule has 132 valence electrons. The van der Waals surface area contributed by atoms with Crippen molar-refractivity contribution in [3.05, 3.63) is 52.4 Å². The van der Waals surface area contributed by atoms with E-state index in [0.717, 1.165) is 25.9 Å². The summed E-state index contributed by atoms with van der Waals surface area (Å²) >= 11 is 0. The van der Waals surface area contributed by atoms with E-state index >= 15 is 0 Å². The fraction of sp³-hybridized carbons (Fsp3) is 0.450. The van der Waals surface area contributed by atoms with Crippen LogP contribution in [0.15, 0.2) is 41.3 Å². The third-order valence-electron chi connectivity index (χ3n) is 4.91. The fourth-order valence-corrected chi connectivity index (χ4v) is 3.55. The lowest BCUT2D eigenvalue weighted by Gasteiger charge is -2.20. The number of aromatic amines is 1. The highest BCUT2D eigenvalue weighted by atomic mass is 16.2. The van der Waals surface area contributed by atoms with Crippen molar-refractivity contribution in [1.82, 2.24) is 14.9 Å². The number of rotatable bonds is 4. The molecule has 1 fully saturated rings. The largest absolute Gasteiger partial charge is 0.338 e. The second-order valence-corrected chi connectivity index (χ2v) is 6.71. The number of hydrogen-bond donors (Lipinski definition) is 1. The minimum Gasteiger partial charge on any atom is -0.338 e. The molecule has 1 N–H and O–H groups in total. The van der Waals surface area contributed by atoms with Gasteiger partial charge in [-0.3, -0.25) is 14.6 Å². The Kier molecular flexibility index (Phi) is 5.64. The molecule has 25 heavy (non-hydrogen) atoms. The lowest BCUT2D eigenvalue weighted by molar-refractivity contribution is 0.0758. The van der Waals surface area contributed by atoms with Crippen molar-refractivity contribution in [2.75, 3.05) is 13.1 Å². The lowest BCUT2D eigenvalue weighted by atomic mass is 9.96. The van der Waals surface area contributed by atoms with Crippen LogP contribution in [0.25, 0.3) is 11.4 Å². The first-order valence-electron chi connectivity index (χ1n) is 9.13. The molecule has 0 aliphatic carbocycles. The molecule has 0 aromatic carbocycles. The number of carbonyl (C=O) groups is 1. The topological polar surface area (TPSA) is 66.1 Å². The number of aromatic nitrogens is 2. The van der Waals surface area contributed by atoms with Crippen LogP contribution in [0.2, 0.25) is 0 Å². The van der Waals surface area contributed by atoms with Gasteiger partial charge in [0.2, 0.25) is 0 Å². The first-order valence-corrected chi connectivity index (χ1v) is 9.13. The van der Waals surface area contributed by atoms with Crippen LogP contribution in [0.5, 0.6) is 0 Å². The summed E-state index contributed by atoms with van der Waals surface area (Å²) in [6, 6.07) is 8.90. The number of hydrogen-bond acceptors (Lipinski definition) is 3. The van der Waals surface area contributed by atoms with Crippen molar-refractivity contribution < 1.29 is 4.79 Å². The van der Waals surface area contributed by atoms with Gasteiger partial charge in [0.1, 0.15) is 5.56 Å². The third-order valence-corrected chi connectivity index (χ3v) is 4.91. The van der Waals surface area contributed by atoms with Gasteiger partial charge in [0.05, 0.1) is 11.4 Å². The van der Waals surface area contributed by atoms with Crippen molar-refractivity contribution in [3.8, 4) is 11.4 Å². The number of amides is 1. The second kappa shape index (κ2) is 8.10.